The summed E-state index contributed by atoms with van der Waals surface area (Å²) in [5, 5.41) is 6.97. The van der Waals surface area contributed by atoms with E-state index in [-0.39, 0.29) is 0 Å². The number of nitrogens with one attached hydrogen (secondary N) is 1. The van der Waals surface area contributed by atoms with Gasteiger partial charge in [-0.25, -0.2) is 0 Å². The molecule has 1 aliphatic heterocycles. The molecule has 1 saturated heterocycles. The molecule has 134 valence electrons. The average Bonchev–Trinajstić information content (AvgIpc) is 3.18. The van der Waals surface area contributed by atoms with Crippen molar-refractivity contribution in [3.05, 3.63) is 47.3 Å². The molecule has 1 aromatic carbocycles. The number of aliphatic imine (C=N–C) groups is 1. The Morgan fingerprint density at radius 2 is 2.04 bits per heavy atom. The summed E-state index contributed by atoms with van der Waals surface area (Å²) >= 11 is 1.81. The molecule has 2 heterocycles. The highest BCUT2D eigenvalue weighted by Crippen LogP contribution is 2.22. The zero-order chi connectivity index (χ0) is 17.5. The van der Waals surface area contributed by atoms with Gasteiger partial charge in [0.1, 0.15) is 5.75 Å². The van der Waals surface area contributed by atoms with Crippen molar-refractivity contribution in [1.29, 1.82) is 0 Å². The molecule has 0 spiro atoms. The van der Waals surface area contributed by atoms with Crippen molar-refractivity contribution in [2.45, 2.75) is 13.5 Å². The summed E-state index contributed by atoms with van der Waals surface area (Å²) in [6.45, 7) is 7.46. The van der Waals surface area contributed by atoms with Crippen LogP contribution in [0.5, 0.6) is 5.75 Å². The van der Waals surface area contributed by atoms with E-state index in [0.29, 0.717) is 6.61 Å². The Bertz CT molecular complexity index is 678. The molecule has 1 fully saturated rings. The lowest BCUT2D eigenvalue weighted by molar-refractivity contribution is 0.340. The van der Waals surface area contributed by atoms with E-state index in [1.165, 1.54) is 10.6 Å². The Morgan fingerprint density at radius 1 is 1.20 bits per heavy atom. The first-order valence-electron chi connectivity index (χ1n) is 8.76. The van der Waals surface area contributed by atoms with E-state index in [1.54, 1.807) is 0 Å². The SMILES string of the molecule is CCOc1cccc(CNC(=NC)N2CCN(c3cccs3)CC2)c1. The zero-order valence-corrected chi connectivity index (χ0v) is 15.8. The maximum absolute atomic E-state index is 5.57. The third-order valence-electron chi connectivity index (χ3n) is 4.27. The van der Waals surface area contributed by atoms with Crippen LogP contribution in [0.2, 0.25) is 0 Å². The minimum Gasteiger partial charge on any atom is -0.494 e. The summed E-state index contributed by atoms with van der Waals surface area (Å²) in [6, 6.07) is 12.5. The number of piperazine rings is 1. The minimum atomic E-state index is 0.688. The van der Waals surface area contributed by atoms with Crippen LogP contribution in [0, 0.1) is 0 Å². The molecule has 3 rings (SSSR count). The molecule has 1 aromatic heterocycles. The molecule has 0 bridgehead atoms. The Kier molecular flexibility index (Phi) is 6.17. The van der Waals surface area contributed by atoms with Gasteiger partial charge in [-0.05, 0) is 42.1 Å². The van der Waals surface area contributed by atoms with Crippen molar-refractivity contribution in [3.8, 4) is 5.75 Å². The standard InChI is InChI=1S/C19H26N4OS/c1-3-24-17-7-4-6-16(14-17)15-21-19(20-2)23-11-9-22(10-12-23)18-8-5-13-25-18/h4-8,13-14H,3,9-12,15H2,1-2H3,(H,20,21). The number of thiophene rings is 1. The van der Waals surface area contributed by atoms with Gasteiger partial charge in [0.15, 0.2) is 5.96 Å². The van der Waals surface area contributed by atoms with Gasteiger partial charge in [0.25, 0.3) is 0 Å². The molecule has 6 heteroatoms. The summed E-state index contributed by atoms with van der Waals surface area (Å²) in [5.74, 6) is 1.88. The van der Waals surface area contributed by atoms with Gasteiger partial charge in [0.05, 0.1) is 11.6 Å². The summed E-state index contributed by atoms with van der Waals surface area (Å²) in [7, 11) is 1.85. The van der Waals surface area contributed by atoms with Crippen LogP contribution >= 0.6 is 11.3 Å². The molecular weight excluding hydrogens is 332 g/mol. The third kappa shape index (κ3) is 4.66. The predicted octanol–water partition coefficient (Wildman–Crippen LogP) is 3.04. The van der Waals surface area contributed by atoms with Gasteiger partial charge >= 0.3 is 0 Å². The second kappa shape index (κ2) is 8.76. The molecular formula is C19H26N4OS. The largest absolute Gasteiger partial charge is 0.494 e. The highest BCUT2D eigenvalue weighted by molar-refractivity contribution is 7.14. The first-order valence-corrected chi connectivity index (χ1v) is 9.64. The Morgan fingerprint density at radius 3 is 2.72 bits per heavy atom. The van der Waals surface area contributed by atoms with Gasteiger partial charge in [0.2, 0.25) is 0 Å². The minimum absolute atomic E-state index is 0.688. The van der Waals surface area contributed by atoms with E-state index in [4.69, 9.17) is 4.74 Å². The van der Waals surface area contributed by atoms with Crippen LogP contribution < -0.4 is 15.0 Å². The summed E-state index contributed by atoms with van der Waals surface area (Å²) < 4.78 is 5.57. The van der Waals surface area contributed by atoms with Crippen molar-refractivity contribution in [3.63, 3.8) is 0 Å². The summed E-state index contributed by atoms with van der Waals surface area (Å²) in [4.78, 5) is 9.23. The fourth-order valence-corrected chi connectivity index (χ4v) is 3.80. The molecule has 0 saturated carbocycles. The number of nitrogens with zero attached hydrogens (tertiary/aromatic N) is 3. The number of hydrogen-bond donors (Lipinski definition) is 1. The maximum Gasteiger partial charge on any atom is 0.194 e. The van der Waals surface area contributed by atoms with Crippen LogP contribution in [0.15, 0.2) is 46.8 Å². The average molecular weight is 359 g/mol. The molecule has 0 aliphatic carbocycles. The van der Waals surface area contributed by atoms with Crippen molar-refractivity contribution in [2.75, 3.05) is 44.7 Å². The molecule has 0 amide bonds. The van der Waals surface area contributed by atoms with Crippen LogP contribution in [-0.4, -0.2) is 50.7 Å². The molecule has 0 atom stereocenters. The fourth-order valence-electron chi connectivity index (χ4n) is 3.01. The first kappa shape index (κ1) is 17.6. The molecule has 25 heavy (non-hydrogen) atoms. The van der Waals surface area contributed by atoms with Crippen LogP contribution in [-0.2, 0) is 6.54 Å². The first-order chi connectivity index (χ1) is 12.3. The fraction of sp³-hybridized carbons (Fsp3) is 0.421. The summed E-state index contributed by atoms with van der Waals surface area (Å²) in [5.41, 5.74) is 1.20. The highest BCUT2D eigenvalue weighted by Gasteiger charge is 2.20. The third-order valence-corrected chi connectivity index (χ3v) is 5.20. The zero-order valence-electron chi connectivity index (χ0n) is 14.9. The topological polar surface area (TPSA) is 40.1 Å². The van der Waals surface area contributed by atoms with Crippen molar-refractivity contribution >= 4 is 22.3 Å². The monoisotopic (exact) mass is 358 g/mol. The van der Waals surface area contributed by atoms with E-state index < -0.39 is 0 Å². The maximum atomic E-state index is 5.57. The molecule has 1 N–H and O–H groups in total. The normalized spacial score (nSPS) is 15.4. The smallest absolute Gasteiger partial charge is 0.194 e. The van der Waals surface area contributed by atoms with Gasteiger partial charge in [0, 0.05) is 39.8 Å². The number of benzene rings is 1. The van der Waals surface area contributed by atoms with E-state index in [9.17, 15) is 0 Å². The molecule has 5 nitrogen and oxygen atoms in total. The molecule has 1 aliphatic rings. The van der Waals surface area contributed by atoms with Gasteiger partial charge in [-0.15, -0.1) is 11.3 Å². The van der Waals surface area contributed by atoms with Gasteiger partial charge in [-0.2, -0.15) is 0 Å². The Labute approximate surface area is 153 Å². The van der Waals surface area contributed by atoms with E-state index in [2.05, 4.69) is 49.8 Å². The Balaban J connectivity index is 1.52. The number of guanidine groups is 1. The van der Waals surface area contributed by atoms with Crippen LogP contribution in [0.3, 0.4) is 0 Å². The van der Waals surface area contributed by atoms with Crippen molar-refractivity contribution < 1.29 is 4.74 Å². The molecule has 2 aromatic rings. The molecule has 0 radical (unpaired) electrons. The lowest BCUT2D eigenvalue weighted by Crippen LogP contribution is -2.52. The quantitative estimate of drug-likeness (QED) is 0.659. The second-order valence-electron chi connectivity index (χ2n) is 5.91. The van der Waals surface area contributed by atoms with Crippen molar-refractivity contribution in [1.82, 2.24) is 10.2 Å². The lowest BCUT2D eigenvalue weighted by Gasteiger charge is -2.37. The Hall–Kier alpha value is -2.21. The van der Waals surface area contributed by atoms with Gasteiger partial charge < -0.3 is 19.9 Å². The van der Waals surface area contributed by atoms with E-state index in [1.807, 2.05) is 37.4 Å². The van der Waals surface area contributed by atoms with Crippen LogP contribution in [0.1, 0.15) is 12.5 Å². The highest BCUT2D eigenvalue weighted by atomic mass is 32.1. The number of ether oxygens (including phenoxy) is 1. The van der Waals surface area contributed by atoms with Gasteiger partial charge in [-0.3, -0.25) is 4.99 Å². The van der Waals surface area contributed by atoms with Crippen molar-refractivity contribution in [2.24, 2.45) is 4.99 Å². The number of anilines is 1. The van der Waals surface area contributed by atoms with Crippen LogP contribution in [0.4, 0.5) is 5.00 Å². The van der Waals surface area contributed by atoms with Crippen LogP contribution in [0.25, 0.3) is 0 Å². The lowest BCUT2D eigenvalue weighted by atomic mass is 10.2. The predicted molar refractivity (Wildman–Crippen MR) is 106 cm³/mol. The number of hydrogen-bond acceptors (Lipinski definition) is 4. The number of rotatable bonds is 5. The van der Waals surface area contributed by atoms with E-state index >= 15 is 0 Å². The van der Waals surface area contributed by atoms with E-state index in [0.717, 1.165) is 44.4 Å². The van der Waals surface area contributed by atoms with Gasteiger partial charge in [-0.1, -0.05) is 12.1 Å². The molecule has 0 unspecified atom stereocenters. The summed E-state index contributed by atoms with van der Waals surface area (Å²) in [6.07, 6.45) is 0. The second-order valence-corrected chi connectivity index (χ2v) is 6.83.